The lowest BCUT2D eigenvalue weighted by atomic mass is 10.1. The third kappa shape index (κ3) is 3.81. The Bertz CT molecular complexity index is 722. The summed E-state index contributed by atoms with van der Waals surface area (Å²) >= 11 is 0. The van der Waals surface area contributed by atoms with E-state index < -0.39 is 5.97 Å². The van der Waals surface area contributed by atoms with Crippen molar-refractivity contribution in [3.63, 3.8) is 0 Å². The van der Waals surface area contributed by atoms with Crippen molar-refractivity contribution >= 4 is 22.4 Å². The molecule has 0 atom stereocenters. The highest BCUT2D eigenvalue weighted by Gasteiger charge is 2.08. The van der Waals surface area contributed by atoms with E-state index in [4.69, 9.17) is 11.6 Å². The van der Waals surface area contributed by atoms with Gasteiger partial charge in [-0.05, 0) is 29.0 Å². The summed E-state index contributed by atoms with van der Waals surface area (Å²) in [5.41, 5.74) is 6.67. The van der Waals surface area contributed by atoms with Gasteiger partial charge in [-0.15, -0.1) is 0 Å². The molecule has 0 radical (unpaired) electrons. The van der Waals surface area contributed by atoms with Gasteiger partial charge in [0, 0.05) is 5.69 Å². The smallest absolute Gasteiger partial charge is 0.357 e. The summed E-state index contributed by atoms with van der Waals surface area (Å²) in [6.07, 6.45) is 0. The van der Waals surface area contributed by atoms with Crippen LogP contribution in [0.4, 0.5) is 5.69 Å². The van der Waals surface area contributed by atoms with Crippen molar-refractivity contribution in [3.05, 3.63) is 78.4 Å². The van der Waals surface area contributed by atoms with Crippen LogP contribution in [0.2, 0.25) is 0 Å². The molecule has 0 amide bonds. The van der Waals surface area contributed by atoms with Gasteiger partial charge in [-0.25, -0.2) is 4.79 Å². The molecule has 0 aliphatic heterocycles. The zero-order chi connectivity index (χ0) is 15.1. The van der Waals surface area contributed by atoms with Crippen LogP contribution in [0, 0.1) is 0 Å². The predicted molar refractivity (Wildman–Crippen MR) is 84.4 cm³/mol. The average molecular weight is 280 g/mol. The van der Waals surface area contributed by atoms with E-state index in [9.17, 15) is 4.79 Å². The van der Waals surface area contributed by atoms with Crippen molar-refractivity contribution in [1.29, 1.82) is 0 Å². The van der Waals surface area contributed by atoms with Gasteiger partial charge in [0.1, 0.15) is 0 Å². The predicted octanol–water partition coefficient (Wildman–Crippen LogP) is 3.14. The van der Waals surface area contributed by atoms with E-state index in [0.29, 0.717) is 5.56 Å². The Kier molecular flexibility index (Phi) is 4.90. The van der Waals surface area contributed by atoms with Crippen LogP contribution < -0.4 is 11.6 Å². The summed E-state index contributed by atoms with van der Waals surface area (Å²) in [4.78, 5) is 15.5. The summed E-state index contributed by atoms with van der Waals surface area (Å²) in [6.45, 7) is 0. The molecule has 3 aromatic rings. The number of hydrogen-bond acceptors (Lipinski definition) is 4. The number of benzene rings is 3. The number of carbonyl (C=O) groups is 1. The number of nitrogen functional groups attached to an aromatic ring is 1. The lowest BCUT2D eigenvalue weighted by molar-refractivity contribution is 0.0506. The van der Waals surface area contributed by atoms with E-state index in [2.05, 4.69) is 4.84 Å². The van der Waals surface area contributed by atoms with Crippen molar-refractivity contribution in [1.82, 2.24) is 0 Å². The Labute approximate surface area is 122 Å². The Balaban J connectivity index is 0.000000194. The zero-order valence-corrected chi connectivity index (χ0v) is 11.4. The zero-order valence-electron chi connectivity index (χ0n) is 11.4. The first-order valence-corrected chi connectivity index (χ1v) is 6.41. The first kappa shape index (κ1) is 14.6. The Hall–Kier alpha value is -2.85. The van der Waals surface area contributed by atoms with Crippen LogP contribution in [0.3, 0.4) is 0 Å². The van der Waals surface area contributed by atoms with E-state index >= 15 is 0 Å². The number of hydrogen-bond donors (Lipinski definition) is 2. The molecular formula is C17H16N2O2. The maximum atomic E-state index is 11.3. The normalized spacial score (nSPS) is 9.57. The van der Waals surface area contributed by atoms with Gasteiger partial charge in [0.05, 0.1) is 5.56 Å². The van der Waals surface area contributed by atoms with Gasteiger partial charge in [0.15, 0.2) is 0 Å². The molecular weight excluding hydrogens is 264 g/mol. The fourth-order valence-electron chi connectivity index (χ4n) is 1.92. The van der Waals surface area contributed by atoms with Crippen molar-refractivity contribution in [2.75, 3.05) is 5.73 Å². The standard InChI is InChI=1S/C11H9NO2.C6H7N/c12-14-11(13)10-7-3-5-8-4-1-2-6-9(8)10;7-6-4-2-1-3-5-6/h1-7H,12H2;1-5H,7H2. The van der Waals surface area contributed by atoms with Gasteiger partial charge in [-0.1, -0.05) is 54.6 Å². The summed E-state index contributed by atoms with van der Waals surface area (Å²) in [7, 11) is 0. The highest BCUT2D eigenvalue weighted by atomic mass is 16.7. The molecule has 0 saturated heterocycles. The molecule has 4 N–H and O–H groups in total. The van der Waals surface area contributed by atoms with Crippen molar-refractivity contribution in [3.8, 4) is 0 Å². The second kappa shape index (κ2) is 7.07. The summed E-state index contributed by atoms with van der Waals surface area (Å²) in [5, 5.41) is 1.85. The number of fused-ring (bicyclic) bond motifs is 1. The maximum Gasteiger partial charge on any atom is 0.357 e. The topological polar surface area (TPSA) is 78.3 Å². The van der Waals surface area contributed by atoms with Gasteiger partial charge in [-0.3, -0.25) is 0 Å². The minimum absolute atomic E-state index is 0.491. The van der Waals surface area contributed by atoms with Crippen molar-refractivity contribution < 1.29 is 9.63 Å². The molecule has 3 aromatic carbocycles. The minimum atomic E-state index is -0.512. The summed E-state index contributed by atoms with van der Waals surface area (Å²) in [6, 6.07) is 22.5. The fourth-order valence-corrected chi connectivity index (χ4v) is 1.92. The molecule has 106 valence electrons. The second-order valence-electron chi connectivity index (χ2n) is 4.34. The monoisotopic (exact) mass is 280 g/mol. The van der Waals surface area contributed by atoms with E-state index in [1.807, 2.05) is 60.7 Å². The second-order valence-corrected chi connectivity index (χ2v) is 4.34. The third-order valence-electron chi connectivity index (χ3n) is 2.92. The van der Waals surface area contributed by atoms with Crippen LogP contribution >= 0.6 is 0 Å². The Morgan fingerprint density at radius 3 is 2.05 bits per heavy atom. The Morgan fingerprint density at radius 2 is 1.43 bits per heavy atom. The van der Waals surface area contributed by atoms with Gasteiger partial charge in [0.25, 0.3) is 0 Å². The van der Waals surface area contributed by atoms with Gasteiger partial charge in [-0.2, -0.15) is 5.90 Å². The highest BCUT2D eigenvalue weighted by Crippen LogP contribution is 2.18. The van der Waals surface area contributed by atoms with Crippen molar-refractivity contribution in [2.24, 2.45) is 5.90 Å². The minimum Gasteiger partial charge on any atom is -0.399 e. The van der Waals surface area contributed by atoms with Crippen LogP contribution in [0.1, 0.15) is 10.4 Å². The Morgan fingerprint density at radius 1 is 0.810 bits per heavy atom. The molecule has 0 unspecified atom stereocenters. The molecule has 0 aliphatic rings. The number of para-hydroxylation sites is 1. The van der Waals surface area contributed by atoms with Crippen LogP contribution in [-0.4, -0.2) is 5.97 Å². The lowest BCUT2D eigenvalue weighted by Crippen LogP contribution is -2.10. The molecule has 0 bridgehead atoms. The molecule has 4 heteroatoms. The molecule has 21 heavy (non-hydrogen) atoms. The molecule has 0 spiro atoms. The van der Waals surface area contributed by atoms with Crippen molar-refractivity contribution in [2.45, 2.75) is 0 Å². The van der Waals surface area contributed by atoms with Gasteiger partial charge >= 0.3 is 5.97 Å². The lowest BCUT2D eigenvalue weighted by Gasteiger charge is -2.02. The first-order valence-electron chi connectivity index (χ1n) is 6.41. The molecule has 0 aliphatic carbocycles. The summed E-state index contributed by atoms with van der Waals surface area (Å²) < 4.78 is 0. The quantitative estimate of drug-likeness (QED) is 0.530. The molecule has 0 aromatic heterocycles. The first-order chi connectivity index (χ1) is 10.2. The number of carbonyl (C=O) groups excluding carboxylic acids is 1. The number of rotatable bonds is 1. The van der Waals surface area contributed by atoms with E-state index in [1.165, 1.54) is 0 Å². The largest absolute Gasteiger partial charge is 0.399 e. The van der Waals surface area contributed by atoms with E-state index in [1.54, 1.807) is 12.1 Å². The SMILES string of the molecule is NOC(=O)c1cccc2ccccc12.Nc1ccccc1. The summed E-state index contributed by atoms with van der Waals surface area (Å²) in [5.74, 6) is 4.33. The maximum absolute atomic E-state index is 11.3. The third-order valence-corrected chi connectivity index (χ3v) is 2.92. The van der Waals surface area contributed by atoms with Crippen LogP contribution in [0.15, 0.2) is 72.8 Å². The molecule has 3 rings (SSSR count). The van der Waals surface area contributed by atoms with Crippen LogP contribution in [0.5, 0.6) is 0 Å². The van der Waals surface area contributed by atoms with Gasteiger partial charge < -0.3 is 10.6 Å². The van der Waals surface area contributed by atoms with Crippen LogP contribution in [-0.2, 0) is 4.84 Å². The van der Waals surface area contributed by atoms with E-state index in [-0.39, 0.29) is 0 Å². The van der Waals surface area contributed by atoms with Gasteiger partial charge in [0.2, 0.25) is 0 Å². The average Bonchev–Trinajstić information content (AvgIpc) is 2.55. The molecule has 4 nitrogen and oxygen atoms in total. The molecule has 0 heterocycles. The molecule has 0 fully saturated rings. The number of nitrogens with two attached hydrogens (primary N) is 2. The molecule has 0 saturated carbocycles. The van der Waals surface area contributed by atoms with Crippen LogP contribution in [0.25, 0.3) is 10.8 Å². The van der Waals surface area contributed by atoms with E-state index in [0.717, 1.165) is 16.5 Å². The highest BCUT2D eigenvalue weighted by molar-refractivity contribution is 6.04. The fraction of sp³-hybridized carbons (Fsp3) is 0. The number of anilines is 1.